The summed E-state index contributed by atoms with van der Waals surface area (Å²) < 4.78 is 42.4. The van der Waals surface area contributed by atoms with Crippen LogP contribution in [0.15, 0.2) is 47.4 Å². The second-order valence-corrected chi connectivity index (χ2v) is 14.2. The molecule has 274 valence electrons. The van der Waals surface area contributed by atoms with Crippen molar-refractivity contribution in [3.05, 3.63) is 80.8 Å². The van der Waals surface area contributed by atoms with Gasteiger partial charge in [0.2, 0.25) is 11.7 Å². The van der Waals surface area contributed by atoms with Gasteiger partial charge >= 0.3 is 6.18 Å². The quantitative estimate of drug-likeness (QED) is 0.250. The Balaban J connectivity index is 1.24. The minimum atomic E-state index is -4.62. The topological polar surface area (TPSA) is 158 Å². The SMILES string of the molecule is CCc1c(N2CCN(C(=O)c3ncccc3O)CC2)c(=O)n2nc(C3=CC4CC(C)(O)CC4C3)nc2n1CC(=O)Nc1ccc(C(F)(F)F)cc1Cl. The number of allylic oxidation sites excluding steroid dienone is 2. The summed E-state index contributed by atoms with van der Waals surface area (Å²) in [6, 6.07) is 5.54. The van der Waals surface area contributed by atoms with Gasteiger partial charge in [0.1, 0.15) is 18.0 Å². The monoisotopic (exact) mass is 740 g/mol. The van der Waals surface area contributed by atoms with Crippen LogP contribution < -0.4 is 15.8 Å². The molecule has 3 atom stereocenters. The molecule has 1 aliphatic heterocycles. The van der Waals surface area contributed by atoms with E-state index in [9.17, 15) is 37.8 Å². The van der Waals surface area contributed by atoms with Gasteiger partial charge in [-0.1, -0.05) is 24.6 Å². The number of halogens is 4. The number of alkyl halides is 3. The lowest BCUT2D eigenvalue weighted by Crippen LogP contribution is -2.51. The van der Waals surface area contributed by atoms with E-state index in [0.717, 1.165) is 28.3 Å². The summed E-state index contributed by atoms with van der Waals surface area (Å²) in [5.74, 6) is -0.515. The Labute approximate surface area is 300 Å². The van der Waals surface area contributed by atoms with Gasteiger partial charge < -0.3 is 29.9 Å². The first-order valence-electron chi connectivity index (χ1n) is 16.9. The standard InChI is InChI=1S/C35H36ClF3N8O5/c1-3-25-29(44-9-11-45(12-10-44)31(50)28-26(48)5-4-8-40-28)32(51)47-33(42-30(43-47)19-13-20-16-34(2,52)17-21(20)14-19)46(25)18-27(49)41-24-7-6-22(15-23(24)36)35(37,38)39/h4-8,13,15,20-21,48,52H,3,9-12,14,16-18H2,1-2H3,(H,41,49). The van der Waals surface area contributed by atoms with E-state index in [1.165, 1.54) is 23.2 Å². The van der Waals surface area contributed by atoms with E-state index in [4.69, 9.17) is 16.6 Å². The Bertz CT molecular complexity index is 2170. The number of aromatic nitrogens is 5. The summed E-state index contributed by atoms with van der Waals surface area (Å²) in [5.41, 5.74) is -0.682. The van der Waals surface area contributed by atoms with E-state index in [1.54, 1.807) is 4.57 Å². The molecule has 4 aromatic rings. The van der Waals surface area contributed by atoms with Crippen LogP contribution in [0.3, 0.4) is 0 Å². The van der Waals surface area contributed by atoms with Gasteiger partial charge in [-0.2, -0.15) is 22.7 Å². The Morgan fingerprint density at radius 2 is 1.88 bits per heavy atom. The van der Waals surface area contributed by atoms with Gasteiger partial charge in [0, 0.05) is 32.4 Å². The van der Waals surface area contributed by atoms with Crippen LogP contribution in [0.4, 0.5) is 24.5 Å². The zero-order chi connectivity index (χ0) is 37.1. The van der Waals surface area contributed by atoms with E-state index in [0.29, 0.717) is 37.2 Å². The number of pyridine rings is 1. The normalized spacial score (nSPS) is 21.8. The summed E-state index contributed by atoms with van der Waals surface area (Å²) >= 11 is 6.14. The van der Waals surface area contributed by atoms with Crippen molar-refractivity contribution < 1.29 is 33.0 Å². The highest BCUT2D eigenvalue weighted by atomic mass is 35.5. The Kier molecular flexibility index (Phi) is 9.01. The number of nitrogens with one attached hydrogen (secondary N) is 1. The molecule has 17 heteroatoms. The van der Waals surface area contributed by atoms with Gasteiger partial charge in [-0.15, -0.1) is 5.10 Å². The third-order valence-electron chi connectivity index (χ3n) is 10.1. The van der Waals surface area contributed by atoms with Crippen LogP contribution in [0.5, 0.6) is 5.75 Å². The van der Waals surface area contributed by atoms with Crippen LogP contribution in [0.25, 0.3) is 11.4 Å². The van der Waals surface area contributed by atoms with Crippen molar-refractivity contribution in [1.82, 2.24) is 29.0 Å². The number of aromatic hydroxyl groups is 1. The summed E-state index contributed by atoms with van der Waals surface area (Å²) in [6.45, 7) is 4.19. The van der Waals surface area contributed by atoms with Gasteiger partial charge in [-0.25, -0.2) is 4.98 Å². The molecule has 4 heterocycles. The third kappa shape index (κ3) is 6.60. The highest BCUT2D eigenvalue weighted by molar-refractivity contribution is 6.33. The van der Waals surface area contributed by atoms with E-state index in [1.807, 2.05) is 24.8 Å². The first-order chi connectivity index (χ1) is 24.6. The molecule has 0 spiro atoms. The lowest BCUT2D eigenvalue weighted by atomic mass is 9.98. The van der Waals surface area contributed by atoms with Crippen molar-refractivity contribution in [3.63, 3.8) is 0 Å². The number of benzene rings is 1. The average molecular weight is 741 g/mol. The van der Waals surface area contributed by atoms with E-state index >= 15 is 0 Å². The smallest absolute Gasteiger partial charge is 0.416 e. The van der Waals surface area contributed by atoms with Crippen molar-refractivity contribution in [2.75, 3.05) is 36.4 Å². The summed E-state index contributed by atoms with van der Waals surface area (Å²) in [4.78, 5) is 53.2. The number of anilines is 2. The van der Waals surface area contributed by atoms with E-state index in [2.05, 4.69) is 15.4 Å². The highest BCUT2D eigenvalue weighted by Gasteiger charge is 2.44. The Morgan fingerprint density at radius 3 is 2.54 bits per heavy atom. The zero-order valence-corrected chi connectivity index (χ0v) is 29.1. The van der Waals surface area contributed by atoms with E-state index in [-0.39, 0.29) is 78.2 Å². The molecule has 0 bridgehead atoms. The minimum absolute atomic E-state index is 0.0181. The molecule has 7 rings (SSSR count). The summed E-state index contributed by atoms with van der Waals surface area (Å²) in [6.07, 6.45) is 0.992. The summed E-state index contributed by atoms with van der Waals surface area (Å²) in [5, 5.41) is 27.7. The number of amides is 2. The molecule has 1 aromatic carbocycles. The van der Waals surface area contributed by atoms with Crippen LogP contribution in [-0.2, 0) is 23.9 Å². The van der Waals surface area contributed by atoms with Crippen molar-refractivity contribution >= 4 is 46.1 Å². The van der Waals surface area contributed by atoms with Gasteiger partial charge in [0.25, 0.3) is 11.5 Å². The van der Waals surface area contributed by atoms with Crippen LogP contribution in [-0.4, -0.2) is 82.9 Å². The lowest BCUT2D eigenvalue weighted by molar-refractivity contribution is -0.137. The number of hydrogen-bond donors (Lipinski definition) is 3. The summed E-state index contributed by atoms with van der Waals surface area (Å²) in [7, 11) is 0. The van der Waals surface area contributed by atoms with Crippen LogP contribution in [0.1, 0.15) is 60.7 Å². The Morgan fingerprint density at radius 1 is 1.13 bits per heavy atom. The Hall–Kier alpha value is -4.96. The number of carbonyl (C=O) groups is 2. The molecular formula is C35H36ClF3N8O5. The molecule has 13 nitrogen and oxygen atoms in total. The third-order valence-corrected chi connectivity index (χ3v) is 10.4. The maximum atomic E-state index is 14.3. The van der Waals surface area contributed by atoms with Crippen molar-refractivity contribution in [2.24, 2.45) is 11.8 Å². The number of hydrogen-bond acceptors (Lipinski definition) is 9. The van der Waals surface area contributed by atoms with Crippen molar-refractivity contribution in [1.29, 1.82) is 0 Å². The van der Waals surface area contributed by atoms with Gasteiger partial charge in [-0.3, -0.25) is 14.4 Å². The maximum Gasteiger partial charge on any atom is 0.416 e. The number of aliphatic hydroxyl groups is 1. The first kappa shape index (κ1) is 35.4. The zero-order valence-electron chi connectivity index (χ0n) is 28.3. The fourth-order valence-corrected chi connectivity index (χ4v) is 7.93. The molecule has 1 saturated heterocycles. The maximum absolute atomic E-state index is 14.3. The van der Waals surface area contributed by atoms with Crippen LogP contribution >= 0.6 is 11.6 Å². The number of carbonyl (C=O) groups excluding carboxylic acids is 2. The van der Waals surface area contributed by atoms with Gasteiger partial charge in [-0.05, 0) is 80.3 Å². The first-order valence-corrected chi connectivity index (χ1v) is 17.3. The number of piperazine rings is 1. The minimum Gasteiger partial charge on any atom is -0.505 e. The van der Waals surface area contributed by atoms with Crippen molar-refractivity contribution in [2.45, 2.75) is 57.9 Å². The highest BCUT2D eigenvalue weighted by Crippen LogP contribution is 2.49. The van der Waals surface area contributed by atoms with Crippen molar-refractivity contribution in [3.8, 4) is 5.75 Å². The molecule has 0 radical (unpaired) electrons. The van der Waals surface area contributed by atoms with Gasteiger partial charge in [0.15, 0.2) is 11.5 Å². The molecule has 2 fully saturated rings. The van der Waals surface area contributed by atoms with Crippen LogP contribution in [0, 0.1) is 11.8 Å². The molecule has 2 amide bonds. The molecule has 2 aliphatic carbocycles. The lowest BCUT2D eigenvalue weighted by Gasteiger charge is -2.36. The van der Waals surface area contributed by atoms with Crippen LogP contribution in [0.2, 0.25) is 5.02 Å². The second-order valence-electron chi connectivity index (χ2n) is 13.8. The molecule has 1 saturated carbocycles. The molecular weight excluding hydrogens is 705 g/mol. The largest absolute Gasteiger partial charge is 0.505 e. The number of nitrogens with zero attached hydrogens (tertiary/aromatic N) is 7. The fourth-order valence-electron chi connectivity index (χ4n) is 7.70. The number of rotatable bonds is 7. The predicted octanol–water partition coefficient (Wildman–Crippen LogP) is 4.39. The molecule has 3 aromatic heterocycles. The van der Waals surface area contributed by atoms with Gasteiger partial charge in [0.05, 0.1) is 27.6 Å². The molecule has 3 unspecified atom stereocenters. The van der Waals surface area contributed by atoms with E-state index < -0.39 is 34.7 Å². The molecule has 3 aliphatic rings. The fraction of sp³-hybridized carbons (Fsp3) is 0.429. The molecule has 3 N–H and O–H groups in total. The second kappa shape index (κ2) is 13.2. The number of fused-ring (bicyclic) bond motifs is 2. The molecule has 52 heavy (non-hydrogen) atoms. The predicted molar refractivity (Wildman–Crippen MR) is 185 cm³/mol. The average Bonchev–Trinajstić information content (AvgIpc) is 3.78.